The Morgan fingerprint density at radius 2 is 1.60 bits per heavy atom. The first-order chi connectivity index (χ1) is 19.5. The van der Waals surface area contributed by atoms with Crippen molar-refractivity contribution in [2.24, 2.45) is 0 Å². The number of rotatable bonds is 13. The first kappa shape index (κ1) is 29.1. The van der Waals surface area contributed by atoms with Crippen molar-refractivity contribution in [3.63, 3.8) is 0 Å². The molecule has 6 nitrogen and oxygen atoms in total. The van der Waals surface area contributed by atoms with Crippen LogP contribution in [0.3, 0.4) is 0 Å². The van der Waals surface area contributed by atoms with Gasteiger partial charge in [0.25, 0.3) is 0 Å². The summed E-state index contributed by atoms with van der Waals surface area (Å²) in [5, 5.41) is 3.21. The summed E-state index contributed by atoms with van der Waals surface area (Å²) in [5.74, 6) is 0.637. The largest absolute Gasteiger partial charge is 0.497 e. The van der Waals surface area contributed by atoms with Gasteiger partial charge in [0.15, 0.2) is 0 Å². The normalized spacial score (nSPS) is 14.2. The van der Waals surface area contributed by atoms with Crippen LogP contribution in [-0.4, -0.2) is 42.5 Å². The molecular weight excluding hydrogens is 507 g/mol. The van der Waals surface area contributed by atoms with Gasteiger partial charge in [-0.1, -0.05) is 67.8 Å². The van der Waals surface area contributed by atoms with Crippen LogP contribution in [0.15, 0.2) is 78.9 Å². The lowest BCUT2D eigenvalue weighted by atomic mass is 9.94. The van der Waals surface area contributed by atoms with E-state index in [0.29, 0.717) is 30.8 Å². The molecule has 0 heterocycles. The molecule has 3 aromatic carbocycles. The number of carbonyl (C=O) groups is 2. The predicted octanol–water partition coefficient (Wildman–Crippen LogP) is 6.08. The fraction of sp³-hybridized carbons (Fsp3) is 0.394. The topological polar surface area (TPSA) is 67.9 Å². The van der Waals surface area contributed by atoms with Gasteiger partial charge < -0.3 is 19.7 Å². The van der Waals surface area contributed by atoms with Crippen LogP contribution in [0.5, 0.6) is 11.5 Å². The molecule has 0 bridgehead atoms. The van der Waals surface area contributed by atoms with Crippen molar-refractivity contribution < 1.29 is 23.5 Å². The van der Waals surface area contributed by atoms with Crippen LogP contribution in [0, 0.1) is 5.82 Å². The Morgan fingerprint density at radius 3 is 2.30 bits per heavy atom. The molecule has 40 heavy (non-hydrogen) atoms. The molecule has 3 aromatic rings. The molecule has 0 spiro atoms. The quantitative estimate of drug-likeness (QED) is 0.264. The molecule has 1 N–H and O–H groups in total. The Hall–Kier alpha value is -3.87. The standard InChI is InChI=1S/C33H39FN2O4/c1-39-28-18-20-29(21-19-28)40-22-10-17-32(37)36(24-26-13-8-9-16-30(26)34)31(23-25-11-4-2-5-12-25)33(38)35-27-14-6-3-7-15-27/h2,4-5,8-9,11-13,16,18-21,27,31H,3,6-7,10,14-15,17,22-24H2,1H3,(H,35,38)/t31-/m1/s1. The Kier molecular flexibility index (Phi) is 11.0. The molecule has 0 aromatic heterocycles. The van der Waals surface area contributed by atoms with Crippen LogP contribution in [0.4, 0.5) is 4.39 Å². The van der Waals surface area contributed by atoms with E-state index in [-0.39, 0.29) is 30.8 Å². The summed E-state index contributed by atoms with van der Waals surface area (Å²) < 4.78 is 25.7. The average molecular weight is 547 g/mol. The van der Waals surface area contributed by atoms with E-state index >= 15 is 0 Å². The minimum atomic E-state index is -0.765. The van der Waals surface area contributed by atoms with Crippen molar-refractivity contribution in [3.8, 4) is 11.5 Å². The molecule has 4 rings (SSSR count). The highest BCUT2D eigenvalue weighted by molar-refractivity contribution is 5.88. The number of ether oxygens (including phenoxy) is 2. The van der Waals surface area contributed by atoms with Crippen LogP contribution < -0.4 is 14.8 Å². The first-order valence-electron chi connectivity index (χ1n) is 14.2. The van der Waals surface area contributed by atoms with Gasteiger partial charge in [-0.25, -0.2) is 4.39 Å². The third-order valence-corrected chi connectivity index (χ3v) is 7.38. The van der Waals surface area contributed by atoms with Crippen molar-refractivity contribution in [1.82, 2.24) is 10.2 Å². The summed E-state index contributed by atoms with van der Waals surface area (Å²) in [5.41, 5.74) is 1.33. The number of nitrogens with zero attached hydrogens (tertiary/aromatic N) is 1. The summed E-state index contributed by atoms with van der Waals surface area (Å²) in [7, 11) is 1.61. The van der Waals surface area contributed by atoms with Crippen molar-refractivity contribution >= 4 is 11.8 Å². The minimum absolute atomic E-state index is 0.0143. The van der Waals surface area contributed by atoms with Crippen molar-refractivity contribution in [2.45, 2.75) is 70.0 Å². The van der Waals surface area contributed by atoms with E-state index in [2.05, 4.69) is 5.32 Å². The Bertz CT molecular complexity index is 1210. The second kappa shape index (κ2) is 15.1. The molecule has 1 aliphatic rings. The molecule has 0 radical (unpaired) electrons. The lowest BCUT2D eigenvalue weighted by Crippen LogP contribution is -2.53. The third kappa shape index (κ3) is 8.57. The van der Waals surface area contributed by atoms with E-state index in [4.69, 9.17) is 9.47 Å². The van der Waals surface area contributed by atoms with Gasteiger partial charge in [0.05, 0.1) is 13.7 Å². The number of methoxy groups -OCH3 is 1. The van der Waals surface area contributed by atoms with Crippen LogP contribution in [0.2, 0.25) is 0 Å². The highest BCUT2D eigenvalue weighted by atomic mass is 19.1. The maximum Gasteiger partial charge on any atom is 0.243 e. The lowest BCUT2D eigenvalue weighted by Gasteiger charge is -2.33. The third-order valence-electron chi connectivity index (χ3n) is 7.38. The molecule has 0 aliphatic heterocycles. The van der Waals surface area contributed by atoms with E-state index in [9.17, 15) is 14.0 Å². The molecule has 1 fully saturated rings. The van der Waals surface area contributed by atoms with Gasteiger partial charge in [-0.15, -0.1) is 0 Å². The van der Waals surface area contributed by atoms with Gasteiger partial charge in [0.2, 0.25) is 11.8 Å². The molecule has 0 saturated heterocycles. The fourth-order valence-corrected chi connectivity index (χ4v) is 5.14. The number of hydrogen-bond donors (Lipinski definition) is 1. The van der Waals surface area contributed by atoms with Gasteiger partial charge in [-0.2, -0.15) is 0 Å². The van der Waals surface area contributed by atoms with Crippen LogP contribution >= 0.6 is 0 Å². The summed E-state index contributed by atoms with van der Waals surface area (Å²) in [4.78, 5) is 29.1. The van der Waals surface area contributed by atoms with Gasteiger partial charge in [-0.05, 0) is 55.2 Å². The van der Waals surface area contributed by atoms with Crippen molar-refractivity contribution in [1.29, 1.82) is 0 Å². The number of hydrogen-bond acceptors (Lipinski definition) is 4. The van der Waals surface area contributed by atoms with E-state index in [1.807, 2.05) is 54.6 Å². The van der Waals surface area contributed by atoms with Crippen molar-refractivity contribution in [3.05, 3.63) is 95.8 Å². The van der Waals surface area contributed by atoms with Gasteiger partial charge in [0, 0.05) is 31.0 Å². The van der Waals surface area contributed by atoms with E-state index in [1.165, 1.54) is 12.5 Å². The molecule has 0 unspecified atom stereocenters. The fourth-order valence-electron chi connectivity index (χ4n) is 5.14. The molecular formula is C33H39FN2O4. The molecule has 1 atom stereocenters. The van der Waals surface area contributed by atoms with Crippen molar-refractivity contribution in [2.75, 3.05) is 13.7 Å². The Morgan fingerprint density at radius 1 is 0.925 bits per heavy atom. The van der Waals surface area contributed by atoms with Crippen LogP contribution in [-0.2, 0) is 22.6 Å². The Balaban J connectivity index is 1.51. The molecule has 1 aliphatic carbocycles. The summed E-state index contributed by atoms with van der Waals surface area (Å²) >= 11 is 0. The summed E-state index contributed by atoms with van der Waals surface area (Å²) in [6, 6.07) is 22.7. The summed E-state index contributed by atoms with van der Waals surface area (Å²) in [6.45, 7) is 0.351. The lowest BCUT2D eigenvalue weighted by molar-refractivity contribution is -0.141. The Labute approximate surface area is 236 Å². The maximum absolute atomic E-state index is 14.8. The molecule has 7 heteroatoms. The van der Waals surface area contributed by atoms with E-state index in [0.717, 1.165) is 37.0 Å². The first-order valence-corrected chi connectivity index (χ1v) is 14.2. The smallest absolute Gasteiger partial charge is 0.243 e. The number of halogens is 1. The average Bonchev–Trinajstić information content (AvgIpc) is 2.99. The monoisotopic (exact) mass is 546 g/mol. The number of benzene rings is 3. The predicted molar refractivity (Wildman–Crippen MR) is 154 cm³/mol. The zero-order valence-corrected chi connectivity index (χ0v) is 23.2. The van der Waals surface area contributed by atoms with Gasteiger partial charge in [0.1, 0.15) is 23.4 Å². The molecule has 1 saturated carbocycles. The second-order valence-electron chi connectivity index (χ2n) is 10.3. The highest BCUT2D eigenvalue weighted by Gasteiger charge is 2.32. The highest BCUT2D eigenvalue weighted by Crippen LogP contribution is 2.22. The number of nitrogens with one attached hydrogen (secondary N) is 1. The van der Waals surface area contributed by atoms with Crippen LogP contribution in [0.25, 0.3) is 0 Å². The van der Waals surface area contributed by atoms with Gasteiger partial charge >= 0.3 is 0 Å². The second-order valence-corrected chi connectivity index (χ2v) is 10.3. The van der Waals surface area contributed by atoms with Crippen LogP contribution in [0.1, 0.15) is 56.1 Å². The minimum Gasteiger partial charge on any atom is -0.497 e. The summed E-state index contributed by atoms with van der Waals surface area (Å²) in [6.07, 6.45) is 6.20. The van der Waals surface area contributed by atoms with E-state index < -0.39 is 11.9 Å². The maximum atomic E-state index is 14.8. The molecule has 212 valence electrons. The zero-order chi connectivity index (χ0) is 28.2. The number of carbonyl (C=O) groups excluding carboxylic acids is 2. The van der Waals surface area contributed by atoms with Gasteiger partial charge in [-0.3, -0.25) is 9.59 Å². The van der Waals surface area contributed by atoms with E-state index in [1.54, 1.807) is 30.2 Å². The molecule has 2 amide bonds. The SMILES string of the molecule is COc1ccc(OCCCC(=O)N(Cc2ccccc2F)[C@H](Cc2ccccc2)C(=O)NC2CCCCC2)cc1. The number of amides is 2. The zero-order valence-electron chi connectivity index (χ0n) is 23.2.